The van der Waals surface area contributed by atoms with Crippen LogP contribution in [0.15, 0.2) is 0 Å². The highest BCUT2D eigenvalue weighted by molar-refractivity contribution is 5.82. The average Bonchev–Trinajstić information content (AvgIpc) is 2.83. The fraction of sp³-hybridized carbons (Fsp3) is 0.889. The third-order valence-electron chi connectivity index (χ3n) is 2.97. The third kappa shape index (κ3) is 1.44. The molecule has 4 nitrogen and oxygen atoms in total. The van der Waals surface area contributed by atoms with Crippen molar-refractivity contribution in [3.8, 4) is 0 Å². The second-order valence-corrected chi connectivity index (χ2v) is 3.96. The first-order valence-electron chi connectivity index (χ1n) is 4.75. The summed E-state index contributed by atoms with van der Waals surface area (Å²) in [5.41, 5.74) is -0.530. The van der Waals surface area contributed by atoms with Crippen molar-refractivity contribution in [3.05, 3.63) is 0 Å². The van der Waals surface area contributed by atoms with Gasteiger partial charge in [0.05, 0.1) is 12.7 Å². The number of hydrogen-bond acceptors (Lipinski definition) is 3. The van der Waals surface area contributed by atoms with Crippen molar-refractivity contribution in [2.45, 2.75) is 31.4 Å². The molecule has 2 aliphatic rings. The zero-order chi connectivity index (χ0) is 9.47. The van der Waals surface area contributed by atoms with Crippen molar-refractivity contribution in [2.24, 2.45) is 0 Å². The van der Waals surface area contributed by atoms with Crippen molar-refractivity contribution in [1.82, 2.24) is 4.90 Å². The lowest BCUT2D eigenvalue weighted by Gasteiger charge is -2.35. The van der Waals surface area contributed by atoms with E-state index in [1.807, 2.05) is 6.92 Å². The Labute approximate surface area is 77.5 Å². The predicted octanol–water partition coefficient (Wildman–Crippen LogP) is 0.324. The molecule has 4 heteroatoms. The van der Waals surface area contributed by atoms with Crippen LogP contribution in [-0.2, 0) is 9.53 Å². The second kappa shape index (κ2) is 2.96. The van der Waals surface area contributed by atoms with Gasteiger partial charge >= 0.3 is 5.97 Å². The number of carboxylic acids is 1. The standard InChI is InChI=1S/C9H15NO3/c1-7-6-10(4-5-13-7)9(2-3-9)8(11)12/h7H,2-6H2,1H3,(H,11,12). The normalized spacial score (nSPS) is 32.8. The van der Waals surface area contributed by atoms with E-state index in [-0.39, 0.29) is 6.10 Å². The largest absolute Gasteiger partial charge is 0.480 e. The molecule has 0 aromatic carbocycles. The fourth-order valence-corrected chi connectivity index (χ4v) is 1.99. The maximum atomic E-state index is 11.0. The SMILES string of the molecule is CC1CN(C2(C(=O)O)CC2)CCO1. The molecule has 1 aliphatic carbocycles. The van der Waals surface area contributed by atoms with Gasteiger partial charge in [-0.25, -0.2) is 0 Å². The molecule has 0 spiro atoms. The van der Waals surface area contributed by atoms with Crippen LogP contribution in [0.1, 0.15) is 19.8 Å². The quantitative estimate of drug-likeness (QED) is 0.673. The average molecular weight is 185 g/mol. The summed E-state index contributed by atoms with van der Waals surface area (Å²) in [4.78, 5) is 13.1. The lowest BCUT2D eigenvalue weighted by molar-refractivity contribution is -0.148. The number of ether oxygens (including phenoxy) is 1. The Balaban J connectivity index is 2.03. The maximum Gasteiger partial charge on any atom is 0.324 e. The number of aliphatic carboxylic acids is 1. The van der Waals surface area contributed by atoms with Crippen LogP contribution >= 0.6 is 0 Å². The molecule has 74 valence electrons. The Bertz CT molecular complexity index is 225. The van der Waals surface area contributed by atoms with Gasteiger partial charge in [0, 0.05) is 13.1 Å². The van der Waals surface area contributed by atoms with E-state index < -0.39 is 11.5 Å². The van der Waals surface area contributed by atoms with E-state index in [2.05, 4.69) is 4.90 Å². The molecule has 1 heterocycles. The van der Waals surface area contributed by atoms with Crippen LogP contribution in [-0.4, -0.2) is 47.3 Å². The first-order chi connectivity index (χ1) is 6.15. The van der Waals surface area contributed by atoms with E-state index in [9.17, 15) is 4.79 Å². The molecular formula is C9H15NO3. The molecule has 1 aliphatic heterocycles. The number of rotatable bonds is 2. The van der Waals surface area contributed by atoms with Gasteiger partial charge in [-0.15, -0.1) is 0 Å². The fourth-order valence-electron chi connectivity index (χ4n) is 1.99. The molecule has 2 rings (SSSR count). The molecule has 1 saturated carbocycles. The molecule has 1 atom stereocenters. The Morgan fingerprint density at radius 1 is 1.62 bits per heavy atom. The van der Waals surface area contributed by atoms with Gasteiger partial charge in [-0.2, -0.15) is 0 Å². The lowest BCUT2D eigenvalue weighted by atomic mass is 10.2. The molecule has 0 aromatic heterocycles. The maximum absolute atomic E-state index is 11.0. The minimum absolute atomic E-state index is 0.172. The van der Waals surface area contributed by atoms with Crippen LogP contribution < -0.4 is 0 Å². The van der Waals surface area contributed by atoms with Crippen LogP contribution in [0, 0.1) is 0 Å². The van der Waals surface area contributed by atoms with Crippen LogP contribution in [0.25, 0.3) is 0 Å². The summed E-state index contributed by atoms with van der Waals surface area (Å²) in [6, 6.07) is 0. The lowest BCUT2D eigenvalue weighted by Crippen LogP contribution is -2.51. The molecule has 0 aromatic rings. The first-order valence-corrected chi connectivity index (χ1v) is 4.75. The van der Waals surface area contributed by atoms with E-state index in [0.29, 0.717) is 6.61 Å². The summed E-state index contributed by atoms with van der Waals surface area (Å²) in [6.45, 7) is 4.17. The summed E-state index contributed by atoms with van der Waals surface area (Å²) >= 11 is 0. The van der Waals surface area contributed by atoms with Gasteiger partial charge in [-0.05, 0) is 19.8 Å². The van der Waals surface area contributed by atoms with Crippen molar-refractivity contribution in [3.63, 3.8) is 0 Å². The molecule has 1 unspecified atom stereocenters. The zero-order valence-corrected chi connectivity index (χ0v) is 7.82. The predicted molar refractivity (Wildman–Crippen MR) is 46.6 cm³/mol. The Hall–Kier alpha value is -0.610. The highest BCUT2D eigenvalue weighted by Crippen LogP contribution is 2.42. The van der Waals surface area contributed by atoms with E-state index >= 15 is 0 Å². The van der Waals surface area contributed by atoms with Crippen molar-refractivity contribution in [2.75, 3.05) is 19.7 Å². The Morgan fingerprint density at radius 2 is 2.31 bits per heavy atom. The number of carbonyl (C=O) groups is 1. The van der Waals surface area contributed by atoms with E-state index in [1.54, 1.807) is 0 Å². The minimum atomic E-state index is -0.665. The molecular weight excluding hydrogens is 170 g/mol. The van der Waals surface area contributed by atoms with Gasteiger partial charge in [-0.1, -0.05) is 0 Å². The zero-order valence-electron chi connectivity index (χ0n) is 7.82. The minimum Gasteiger partial charge on any atom is -0.480 e. The third-order valence-corrected chi connectivity index (χ3v) is 2.97. The number of nitrogens with zero attached hydrogens (tertiary/aromatic N) is 1. The Kier molecular flexibility index (Phi) is 2.04. The molecule has 1 saturated heterocycles. The number of hydrogen-bond donors (Lipinski definition) is 1. The Morgan fingerprint density at radius 3 is 2.77 bits per heavy atom. The molecule has 2 fully saturated rings. The van der Waals surface area contributed by atoms with Gasteiger partial charge in [0.2, 0.25) is 0 Å². The highest BCUT2D eigenvalue weighted by atomic mass is 16.5. The molecule has 0 amide bonds. The number of carboxylic acid groups (broad SMARTS) is 1. The van der Waals surface area contributed by atoms with Crippen LogP contribution in [0.2, 0.25) is 0 Å². The summed E-state index contributed by atoms with van der Waals surface area (Å²) in [5.74, 6) is -0.665. The van der Waals surface area contributed by atoms with E-state index in [1.165, 1.54) is 0 Å². The van der Waals surface area contributed by atoms with E-state index in [4.69, 9.17) is 9.84 Å². The molecule has 0 bridgehead atoms. The smallest absolute Gasteiger partial charge is 0.324 e. The van der Waals surface area contributed by atoms with Crippen molar-refractivity contribution < 1.29 is 14.6 Å². The van der Waals surface area contributed by atoms with Crippen LogP contribution in [0.3, 0.4) is 0 Å². The van der Waals surface area contributed by atoms with Crippen LogP contribution in [0.5, 0.6) is 0 Å². The summed E-state index contributed by atoms with van der Waals surface area (Å²) in [7, 11) is 0. The van der Waals surface area contributed by atoms with Crippen molar-refractivity contribution >= 4 is 5.97 Å². The van der Waals surface area contributed by atoms with Gasteiger partial charge in [0.25, 0.3) is 0 Å². The first kappa shape index (κ1) is 8.97. The summed E-state index contributed by atoms with van der Waals surface area (Å²) in [5, 5.41) is 9.06. The topological polar surface area (TPSA) is 49.8 Å². The van der Waals surface area contributed by atoms with Crippen molar-refractivity contribution in [1.29, 1.82) is 0 Å². The molecule has 13 heavy (non-hydrogen) atoms. The van der Waals surface area contributed by atoms with E-state index in [0.717, 1.165) is 25.9 Å². The van der Waals surface area contributed by atoms with Gasteiger partial charge < -0.3 is 9.84 Å². The summed E-state index contributed by atoms with van der Waals surface area (Å²) < 4.78 is 5.38. The summed E-state index contributed by atoms with van der Waals surface area (Å²) in [6.07, 6.45) is 1.77. The number of morpholine rings is 1. The highest BCUT2D eigenvalue weighted by Gasteiger charge is 2.55. The molecule has 0 radical (unpaired) electrons. The van der Waals surface area contributed by atoms with Gasteiger partial charge in [0.1, 0.15) is 5.54 Å². The second-order valence-electron chi connectivity index (χ2n) is 3.96. The monoisotopic (exact) mass is 185 g/mol. The van der Waals surface area contributed by atoms with Gasteiger partial charge in [-0.3, -0.25) is 9.69 Å². The molecule has 1 N–H and O–H groups in total. The van der Waals surface area contributed by atoms with Crippen LogP contribution in [0.4, 0.5) is 0 Å². The van der Waals surface area contributed by atoms with Gasteiger partial charge in [0.15, 0.2) is 0 Å².